The van der Waals surface area contributed by atoms with E-state index in [4.69, 9.17) is 5.11 Å². The molecule has 2 rings (SSSR count). The number of para-hydroxylation sites is 1. The minimum Gasteiger partial charge on any atom is -0.481 e. The Balaban J connectivity index is 2.45. The molecule has 0 saturated heterocycles. The number of hydrogen-bond acceptors (Lipinski definition) is 3. The molecule has 0 radical (unpaired) electrons. The maximum Gasteiger partial charge on any atom is 0.514 e. The summed E-state index contributed by atoms with van der Waals surface area (Å²) < 4.78 is 11.8. The first-order valence-electron chi connectivity index (χ1n) is 6.57. The van der Waals surface area contributed by atoms with Crippen molar-refractivity contribution in [3.63, 3.8) is 0 Å². The Kier molecular flexibility index (Phi) is 4.90. The van der Waals surface area contributed by atoms with Crippen molar-refractivity contribution in [1.82, 2.24) is 4.98 Å². The molecule has 2 aromatic rings. The number of benzene rings is 1. The summed E-state index contributed by atoms with van der Waals surface area (Å²) in [5, 5.41) is 18.7. The third kappa shape index (κ3) is 3.32. The van der Waals surface area contributed by atoms with Crippen LogP contribution in [-0.4, -0.2) is 32.0 Å². The van der Waals surface area contributed by atoms with Gasteiger partial charge in [0.25, 0.3) is 0 Å². The van der Waals surface area contributed by atoms with Crippen LogP contribution in [0.25, 0.3) is 10.9 Å². The van der Waals surface area contributed by atoms with E-state index >= 15 is 0 Å². The Bertz CT molecular complexity index is 725. The predicted molar refractivity (Wildman–Crippen MR) is 78.9 cm³/mol. The zero-order valence-corrected chi connectivity index (χ0v) is 12.4. The summed E-state index contributed by atoms with van der Waals surface area (Å²) in [5.74, 6) is -3.67. The number of aromatic amines is 1. The molecule has 4 N–H and O–H groups in total. The van der Waals surface area contributed by atoms with E-state index in [1.807, 2.05) is 0 Å². The molecular formula is C14H15NO6P+. The number of carbonyl (C=O) groups is 2. The first-order chi connectivity index (χ1) is 10.4. The molecule has 3 atom stereocenters. The van der Waals surface area contributed by atoms with Gasteiger partial charge in [-0.1, -0.05) is 18.2 Å². The smallest absolute Gasteiger partial charge is 0.481 e. The van der Waals surface area contributed by atoms with E-state index in [0.717, 1.165) is 5.52 Å². The third-order valence-corrected chi connectivity index (χ3v) is 4.66. The van der Waals surface area contributed by atoms with Crippen molar-refractivity contribution < 1.29 is 29.3 Å². The van der Waals surface area contributed by atoms with Gasteiger partial charge in [0, 0.05) is 29.1 Å². The van der Waals surface area contributed by atoms with Crippen LogP contribution in [0.4, 0.5) is 0 Å². The molecule has 0 amide bonds. The molecule has 0 bridgehead atoms. The number of nitrogens with one attached hydrogen (secondary N) is 1. The molecule has 22 heavy (non-hydrogen) atoms. The number of rotatable bonds is 7. The molecule has 8 heteroatoms. The van der Waals surface area contributed by atoms with E-state index < -0.39 is 31.5 Å². The number of hydrogen-bond donors (Lipinski definition) is 4. The summed E-state index contributed by atoms with van der Waals surface area (Å²) in [7, 11) is -2.83. The summed E-state index contributed by atoms with van der Waals surface area (Å²) in [6.07, 6.45) is 0.922. The average Bonchev–Trinajstić information content (AvgIpc) is 2.86. The van der Waals surface area contributed by atoms with E-state index in [9.17, 15) is 24.2 Å². The molecule has 7 nitrogen and oxygen atoms in total. The Morgan fingerprint density at radius 1 is 1.23 bits per heavy atom. The zero-order valence-electron chi connectivity index (χ0n) is 11.5. The van der Waals surface area contributed by atoms with Crippen LogP contribution in [0.5, 0.6) is 0 Å². The minimum absolute atomic E-state index is 0.212. The lowest BCUT2D eigenvalue weighted by molar-refractivity contribution is -0.143. The quantitative estimate of drug-likeness (QED) is 0.579. The van der Waals surface area contributed by atoms with E-state index in [2.05, 4.69) is 4.98 Å². The van der Waals surface area contributed by atoms with E-state index in [-0.39, 0.29) is 12.8 Å². The van der Waals surface area contributed by atoms with Crippen LogP contribution >= 0.6 is 8.03 Å². The van der Waals surface area contributed by atoms with Gasteiger partial charge in [0.05, 0.1) is 0 Å². The van der Waals surface area contributed by atoms with Crippen LogP contribution in [-0.2, 0) is 14.2 Å². The zero-order chi connectivity index (χ0) is 16.3. The number of aliphatic carboxylic acids is 2. The molecule has 0 aliphatic carbocycles. The van der Waals surface area contributed by atoms with Gasteiger partial charge in [0.2, 0.25) is 5.66 Å². The molecule has 3 unspecified atom stereocenters. The van der Waals surface area contributed by atoms with Gasteiger partial charge < -0.3 is 15.2 Å². The molecule has 0 fully saturated rings. The molecule has 1 heterocycles. The minimum atomic E-state index is -2.83. The van der Waals surface area contributed by atoms with Gasteiger partial charge in [-0.15, -0.1) is 0 Å². The lowest BCUT2D eigenvalue weighted by atomic mass is 9.94. The van der Waals surface area contributed by atoms with Crippen molar-refractivity contribution in [3.05, 3.63) is 36.0 Å². The highest BCUT2D eigenvalue weighted by Gasteiger charge is 2.44. The van der Waals surface area contributed by atoms with Crippen LogP contribution in [0, 0.1) is 5.92 Å². The molecular weight excluding hydrogens is 309 g/mol. The van der Waals surface area contributed by atoms with E-state index in [1.165, 1.54) is 6.20 Å². The highest BCUT2D eigenvalue weighted by Crippen LogP contribution is 2.47. The van der Waals surface area contributed by atoms with Crippen LogP contribution in [0.1, 0.15) is 24.1 Å². The normalized spacial score (nSPS) is 14.5. The average molecular weight is 324 g/mol. The van der Waals surface area contributed by atoms with Crippen molar-refractivity contribution in [2.75, 3.05) is 0 Å². The van der Waals surface area contributed by atoms with E-state index in [0.29, 0.717) is 10.9 Å². The maximum atomic E-state index is 11.8. The number of aromatic nitrogens is 1. The molecule has 0 aliphatic heterocycles. The number of carboxylic acids is 2. The van der Waals surface area contributed by atoms with Crippen molar-refractivity contribution in [1.29, 1.82) is 0 Å². The largest absolute Gasteiger partial charge is 0.514 e. The van der Waals surface area contributed by atoms with Gasteiger partial charge >= 0.3 is 20.0 Å². The third-order valence-electron chi connectivity index (χ3n) is 3.55. The monoisotopic (exact) mass is 324 g/mol. The molecule has 1 aromatic heterocycles. The number of fused-ring (bicyclic) bond motifs is 1. The second kappa shape index (κ2) is 6.68. The SMILES string of the molecule is O=C(O)CCC(C(=O)O)C(c1c[nH]c2ccccc12)[P+](=O)O. The molecule has 0 aliphatic rings. The fourth-order valence-electron chi connectivity index (χ4n) is 2.52. The molecule has 116 valence electrons. The van der Waals surface area contributed by atoms with Gasteiger partial charge in [0.15, 0.2) is 0 Å². The molecule has 0 saturated carbocycles. The Morgan fingerprint density at radius 2 is 1.91 bits per heavy atom. The van der Waals surface area contributed by atoms with Crippen molar-refractivity contribution in [3.8, 4) is 0 Å². The van der Waals surface area contributed by atoms with Crippen molar-refractivity contribution in [2.45, 2.75) is 18.5 Å². The van der Waals surface area contributed by atoms with Crippen LogP contribution < -0.4 is 0 Å². The fraction of sp³-hybridized carbons (Fsp3) is 0.286. The van der Waals surface area contributed by atoms with Gasteiger partial charge in [-0.2, -0.15) is 4.89 Å². The van der Waals surface area contributed by atoms with Crippen LogP contribution in [0.15, 0.2) is 30.5 Å². The summed E-state index contributed by atoms with van der Waals surface area (Å²) >= 11 is 0. The highest BCUT2D eigenvalue weighted by atomic mass is 31.1. The standard InChI is InChI=1S/C14H14NO6P/c16-12(17)6-5-9(14(18)19)13(22(20)21)10-7-15-11-4-2-1-3-8(10)11/h1-4,7,9,13,15H,5-6H2,(H2-,16,17,18,19,20,21)/p+1. The number of carboxylic acid groups (broad SMARTS) is 2. The van der Waals surface area contributed by atoms with Gasteiger partial charge in [-0.25, -0.2) is 0 Å². The molecule has 1 aromatic carbocycles. The Labute approximate surface area is 126 Å². The lowest BCUT2D eigenvalue weighted by Crippen LogP contribution is -2.21. The van der Waals surface area contributed by atoms with Crippen LogP contribution in [0.3, 0.4) is 0 Å². The van der Waals surface area contributed by atoms with Gasteiger partial charge in [-0.3, -0.25) is 9.59 Å². The van der Waals surface area contributed by atoms with Crippen molar-refractivity contribution in [2.24, 2.45) is 5.92 Å². The van der Waals surface area contributed by atoms with E-state index in [1.54, 1.807) is 24.3 Å². The topological polar surface area (TPSA) is 128 Å². The van der Waals surface area contributed by atoms with Gasteiger partial charge in [0.1, 0.15) is 5.92 Å². The Morgan fingerprint density at radius 3 is 2.50 bits per heavy atom. The highest BCUT2D eigenvalue weighted by molar-refractivity contribution is 7.38. The first kappa shape index (κ1) is 16.1. The predicted octanol–water partition coefficient (Wildman–Crippen LogP) is 2.51. The van der Waals surface area contributed by atoms with Gasteiger partial charge in [-0.05, 0) is 17.1 Å². The fourth-order valence-corrected chi connectivity index (χ4v) is 3.56. The lowest BCUT2D eigenvalue weighted by Gasteiger charge is -2.13. The van der Waals surface area contributed by atoms with Crippen molar-refractivity contribution >= 4 is 30.9 Å². The summed E-state index contributed by atoms with van der Waals surface area (Å²) in [6.45, 7) is 0. The second-order valence-corrected chi connectivity index (χ2v) is 6.08. The first-order valence-corrected chi connectivity index (χ1v) is 7.85. The second-order valence-electron chi connectivity index (χ2n) is 4.91. The number of H-pyrrole nitrogens is 1. The summed E-state index contributed by atoms with van der Waals surface area (Å²) in [6, 6.07) is 7.03. The van der Waals surface area contributed by atoms with Crippen LogP contribution in [0.2, 0.25) is 0 Å². The Hall–Kier alpha value is -2.24. The molecule has 0 spiro atoms. The summed E-state index contributed by atoms with van der Waals surface area (Å²) in [4.78, 5) is 34.7. The summed E-state index contributed by atoms with van der Waals surface area (Å²) in [5.41, 5.74) is -0.0262. The maximum absolute atomic E-state index is 11.8.